The Kier molecular flexibility index (Phi) is 9.87. The van der Waals surface area contributed by atoms with Crippen LogP contribution >= 0.6 is 34.8 Å². The number of amides is 1. The number of carbonyl (C=O) groups is 1. The van der Waals surface area contributed by atoms with Crippen molar-refractivity contribution in [2.45, 2.75) is 11.4 Å². The summed E-state index contributed by atoms with van der Waals surface area (Å²) in [5.41, 5.74) is 1.77. The quantitative estimate of drug-likeness (QED) is 0.320. The molecule has 200 valence electrons. The van der Waals surface area contributed by atoms with E-state index in [2.05, 4.69) is 29.2 Å². The van der Waals surface area contributed by atoms with Crippen LogP contribution in [0.3, 0.4) is 0 Å². The van der Waals surface area contributed by atoms with Crippen LogP contribution in [0, 0.1) is 0 Å². The molecule has 0 spiro atoms. The topological polar surface area (TPSA) is 60.9 Å². The highest BCUT2D eigenvalue weighted by Crippen LogP contribution is 2.26. The Morgan fingerprint density at radius 1 is 0.868 bits per heavy atom. The second kappa shape index (κ2) is 13.1. The van der Waals surface area contributed by atoms with Crippen LogP contribution in [0.15, 0.2) is 83.8 Å². The third-order valence-electron chi connectivity index (χ3n) is 6.30. The zero-order valence-corrected chi connectivity index (χ0v) is 23.7. The smallest absolute Gasteiger partial charge is 0.243 e. The summed E-state index contributed by atoms with van der Waals surface area (Å²) in [6.45, 7) is 2.94. The van der Waals surface area contributed by atoms with E-state index in [1.165, 1.54) is 28.6 Å². The van der Waals surface area contributed by atoms with Crippen LogP contribution in [0.5, 0.6) is 0 Å². The highest BCUT2D eigenvalue weighted by atomic mass is 35.5. The molecule has 0 saturated carbocycles. The number of carbonyl (C=O) groups excluding carboxylic acids is 1. The number of halogens is 3. The predicted octanol–water partition coefficient (Wildman–Crippen LogP) is 5.70. The van der Waals surface area contributed by atoms with Crippen molar-refractivity contribution < 1.29 is 13.2 Å². The summed E-state index contributed by atoms with van der Waals surface area (Å²) in [5.74, 6) is -0.248. The van der Waals surface area contributed by atoms with Crippen molar-refractivity contribution in [1.29, 1.82) is 0 Å². The molecule has 1 aliphatic rings. The molecule has 10 heteroatoms. The lowest BCUT2D eigenvalue weighted by molar-refractivity contribution is -0.133. The molecule has 38 heavy (non-hydrogen) atoms. The van der Waals surface area contributed by atoms with Gasteiger partial charge in [-0.1, -0.05) is 83.4 Å². The molecule has 0 aliphatic carbocycles. The van der Waals surface area contributed by atoms with Crippen molar-refractivity contribution in [1.82, 2.24) is 14.1 Å². The van der Waals surface area contributed by atoms with Crippen LogP contribution in [-0.2, 0) is 21.4 Å². The molecule has 0 radical (unpaired) electrons. The molecular weight excluding hydrogens is 565 g/mol. The molecule has 1 fully saturated rings. The fourth-order valence-electron chi connectivity index (χ4n) is 4.16. The van der Waals surface area contributed by atoms with Crippen molar-refractivity contribution in [3.8, 4) is 0 Å². The Morgan fingerprint density at radius 2 is 1.55 bits per heavy atom. The van der Waals surface area contributed by atoms with Gasteiger partial charge < -0.3 is 4.90 Å². The second-order valence-corrected chi connectivity index (χ2v) is 12.2. The Balaban J connectivity index is 1.42. The van der Waals surface area contributed by atoms with Gasteiger partial charge >= 0.3 is 0 Å². The van der Waals surface area contributed by atoms with E-state index in [9.17, 15) is 13.2 Å². The third-order valence-corrected chi connectivity index (χ3v) is 9.10. The minimum absolute atomic E-state index is 0.0299. The lowest BCUT2D eigenvalue weighted by Crippen LogP contribution is -2.51. The number of piperazine rings is 1. The van der Waals surface area contributed by atoms with Gasteiger partial charge in [0.15, 0.2) is 0 Å². The Bertz CT molecular complexity index is 1380. The average molecular weight is 593 g/mol. The molecule has 4 rings (SSSR count). The van der Waals surface area contributed by atoms with E-state index < -0.39 is 10.0 Å². The first-order valence-corrected chi connectivity index (χ1v) is 14.7. The van der Waals surface area contributed by atoms with E-state index in [4.69, 9.17) is 34.8 Å². The van der Waals surface area contributed by atoms with Gasteiger partial charge in [0.25, 0.3) is 0 Å². The van der Waals surface area contributed by atoms with Crippen molar-refractivity contribution in [2.24, 2.45) is 0 Å². The Morgan fingerprint density at radius 3 is 2.21 bits per heavy atom. The monoisotopic (exact) mass is 591 g/mol. The highest BCUT2D eigenvalue weighted by Gasteiger charge is 2.30. The van der Waals surface area contributed by atoms with Gasteiger partial charge in [0.05, 0.1) is 21.5 Å². The zero-order valence-electron chi connectivity index (χ0n) is 20.6. The number of sulfonamides is 1. The maximum Gasteiger partial charge on any atom is 0.243 e. The first kappa shape index (κ1) is 28.6. The SMILES string of the molecule is O=C(CN(Cc1ccc(Cl)c(Cl)c1)S(=O)(=O)c1ccc(Cl)cc1)N1CCN(C/C=C/c2ccccc2)CC1. The first-order valence-electron chi connectivity index (χ1n) is 12.1. The normalized spacial score (nSPS) is 14.9. The summed E-state index contributed by atoms with van der Waals surface area (Å²) in [7, 11) is -3.99. The van der Waals surface area contributed by atoms with E-state index >= 15 is 0 Å². The molecule has 1 aliphatic heterocycles. The summed E-state index contributed by atoms with van der Waals surface area (Å²) in [4.78, 5) is 17.3. The molecule has 3 aromatic rings. The highest BCUT2D eigenvalue weighted by molar-refractivity contribution is 7.89. The molecule has 1 saturated heterocycles. The van der Waals surface area contributed by atoms with Crippen molar-refractivity contribution >= 4 is 56.8 Å². The molecule has 0 atom stereocenters. The molecule has 1 heterocycles. The maximum absolute atomic E-state index is 13.5. The fraction of sp³-hybridized carbons (Fsp3) is 0.250. The van der Waals surface area contributed by atoms with Gasteiger partial charge in [0, 0.05) is 44.3 Å². The minimum atomic E-state index is -3.99. The van der Waals surface area contributed by atoms with Gasteiger partial charge in [0.1, 0.15) is 0 Å². The maximum atomic E-state index is 13.5. The second-order valence-electron chi connectivity index (χ2n) is 8.97. The number of nitrogens with zero attached hydrogens (tertiary/aromatic N) is 3. The van der Waals surface area contributed by atoms with Gasteiger partial charge in [-0.25, -0.2) is 8.42 Å². The van der Waals surface area contributed by atoms with Crippen LogP contribution in [0.1, 0.15) is 11.1 Å². The number of rotatable bonds is 9. The lowest BCUT2D eigenvalue weighted by atomic mass is 10.2. The van der Waals surface area contributed by atoms with E-state index in [0.29, 0.717) is 46.8 Å². The van der Waals surface area contributed by atoms with E-state index in [1.807, 2.05) is 18.2 Å². The molecule has 1 amide bonds. The summed E-state index contributed by atoms with van der Waals surface area (Å²) < 4.78 is 28.3. The summed E-state index contributed by atoms with van der Waals surface area (Å²) in [6.07, 6.45) is 4.20. The first-order chi connectivity index (χ1) is 18.2. The van der Waals surface area contributed by atoms with Gasteiger partial charge in [-0.05, 0) is 47.5 Å². The Hall–Kier alpha value is -2.39. The van der Waals surface area contributed by atoms with Gasteiger partial charge in [-0.15, -0.1) is 0 Å². The molecule has 3 aromatic carbocycles. The average Bonchev–Trinajstić information content (AvgIpc) is 2.91. The van der Waals surface area contributed by atoms with E-state index in [1.54, 1.807) is 23.1 Å². The molecular formula is C28H28Cl3N3O3S. The van der Waals surface area contributed by atoms with Crippen LogP contribution in [-0.4, -0.2) is 67.7 Å². The third kappa shape index (κ3) is 7.59. The van der Waals surface area contributed by atoms with Crippen LogP contribution in [0.25, 0.3) is 6.08 Å². The summed E-state index contributed by atoms with van der Waals surface area (Å²) in [6, 6.07) is 20.9. The molecule has 0 N–H and O–H groups in total. The lowest BCUT2D eigenvalue weighted by Gasteiger charge is -2.35. The van der Waals surface area contributed by atoms with Crippen LogP contribution < -0.4 is 0 Å². The molecule has 0 unspecified atom stereocenters. The minimum Gasteiger partial charge on any atom is -0.339 e. The predicted molar refractivity (Wildman–Crippen MR) is 154 cm³/mol. The Labute approximate surface area is 239 Å². The number of benzene rings is 3. The number of hydrogen-bond donors (Lipinski definition) is 0. The van der Waals surface area contributed by atoms with Crippen LogP contribution in [0.4, 0.5) is 0 Å². The largest absolute Gasteiger partial charge is 0.339 e. The zero-order chi connectivity index (χ0) is 27.1. The summed E-state index contributed by atoms with van der Waals surface area (Å²) >= 11 is 18.2. The molecule has 6 nitrogen and oxygen atoms in total. The summed E-state index contributed by atoms with van der Waals surface area (Å²) in [5, 5.41) is 1.11. The van der Waals surface area contributed by atoms with Crippen molar-refractivity contribution in [3.63, 3.8) is 0 Å². The fourth-order valence-corrected chi connectivity index (χ4v) is 5.98. The van der Waals surface area contributed by atoms with Crippen LogP contribution in [0.2, 0.25) is 15.1 Å². The van der Waals surface area contributed by atoms with Gasteiger partial charge in [-0.2, -0.15) is 4.31 Å². The van der Waals surface area contributed by atoms with Crippen molar-refractivity contribution in [3.05, 3.63) is 105 Å². The molecule has 0 bridgehead atoms. The molecule has 0 aromatic heterocycles. The van der Waals surface area contributed by atoms with E-state index in [0.717, 1.165) is 12.1 Å². The number of hydrogen-bond acceptors (Lipinski definition) is 4. The standard InChI is InChI=1S/C28H28Cl3N3O3S/c29-24-9-11-25(12-10-24)38(36,37)34(20-23-8-13-26(30)27(31)19-23)21-28(35)33-17-15-32(16-18-33)14-4-7-22-5-2-1-3-6-22/h1-13,19H,14-18,20-21H2/b7-4+. The van der Waals surface area contributed by atoms with Gasteiger partial charge in [-0.3, -0.25) is 9.69 Å². The van der Waals surface area contributed by atoms with E-state index in [-0.39, 0.29) is 23.9 Å². The van der Waals surface area contributed by atoms with Crippen molar-refractivity contribution in [2.75, 3.05) is 39.3 Å². The van der Waals surface area contributed by atoms with Gasteiger partial charge in [0.2, 0.25) is 15.9 Å².